The second kappa shape index (κ2) is 7.29. The Morgan fingerprint density at radius 2 is 1.12 bits per heavy atom. The first-order chi connectivity index (χ1) is 11.8. The lowest BCUT2D eigenvalue weighted by Crippen LogP contribution is -2.00. The van der Waals surface area contributed by atoms with E-state index in [0.717, 1.165) is 49.4 Å². The molecule has 2 aliphatic carbocycles. The van der Waals surface area contributed by atoms with Crippen LogP contribution < -0.4 is 9.47 Å². The second-order valence-corrected chi connectivity index (χ2v) is 7.30. The molecule has 2 aromatic rings. The standard InChI is InChI=1S/C22H26O2/c1-3-17(13-21(5-1)23-15-19-9-10-19)7-8-18-4-2-6-22(14-18)24-16-20-11-12-20/h1-6,13-14,19-20H,7-12,15-16H2. The van der Waals surface area contributed by atoms with E-state index in [4.69, 9.17) is 9.47 Å². The van der Waals surface area contributed by atoms with Crippen molar-refractivity contribution in [3.05, 3.63) is 59.7 Å². The van der Waals surface area contributed by atoms with Gasteiger partial charge in [-0.25, -0.2) is 0 Å². The van der Waals surface area contributed by atoms with Gasteiger partial charge < -0.3 is 9.47 Å². The Hall–Kier alpha value is -1.96. The monoisotopic (exact) mass is 322 g/mol. The molecule has 0 amide bonds. The van der Waals surface area contributed by atoms with Crippen molar-refractivity contribution < 1.29 is 9.47 Å². The molecule has 24 heavy (non-hydrogen) atoms. The predicted molar refractivity (Wildman–Crippen MR) is 96.7 cm³/mol. The van der Waals surface area contributed by atoms with Gasteiger partial charge in [0.2, 0.25) is 0 Å². The smallest absolute Gasteiger partial charge is 0.119 e. The van der Waals surface area contributed by atoms with Crippen LogP contribution in [-0.2, 0) is 12.8 Å². The first-order valence-electron chi connectivity index (χ1n) is 9.28. The molecule has 0 N–H and O–H groups in total. The first-order valence-corrected chi connectivity index (χ1v) is 9.28. The van der Waals surface area contributed by atoms with Crippen molar-refractivity contribution in [2.45, 2.75) is 38.5 Å². The highest BCUT2D eigenvalue weighted by atomic mass is 16.5. The van der Waals surface area contributed by atoms with Crippen LogP contribution in [0.25, 0.3) is 0 Å². The molecule has 0 aromatic heterocycles. The summed E-state index contributed by atoms with van der Waals surface area (Å²) in [5, 5.41) is 0. The number of benzene rings is 2. The van der Waals surface area contributed by atoms with E-state index >= 15 is 0 Å². The zero-order chi connectivity index (χ0) is 16.2. The average molecular weight is 322 g/mol. The Bertz CT molecular complexity index is 612. The lowest BCUT2D eigenvalue weighted by atomic mass is 10.0. The third kappa shape index (κ3) is 4.77. The fourth-order valence-corrected chi connectivity index (χ4v) is 2.87. The van der Waals surface area contributed by atoms with E-state index in [2.05, 4.69) is 48.5 Å². The number of hydrogen-bond acceptors (Lipinski definition) is 2. The van der Waals surface area contributed by atoms with Crippen molar-refractivity contribution in [3.8, 4) is 11.5 Å². The molecule has 2 heteroatoms. The van der Waals surface area contributed by atoms with E-state index in [-0.39, 0.29) is 0 Å². The molecule has 0 atom stereocenters. The third-order valence-corrected chi connectivity index (χ3v) is 4.86. The van der Waals surface area contributed by atoms with Gasteiger partial charge >= 0.3 is 0 Å². The number of aryl methyl sites for hydroxylation is 2. The quantitative estimate of drug-likeness (QED) is 0.643. The minimum Gasteiger partial charge on any atom is -0.493 e. The zero-order valence-corrected chi connectivity index (χ0v) is 14.2. The van der Waals surface area contributed by atoms with Crippen LogP contribution in [0.5, 0.6) is 11.5 Å². The third-order valence-electron chi connectivity index (χ3n) is 4.86. The molecule has 0 heterocycles. The SMILES string of the molecule is c1cc(CCc2cccc(OCC3CC3)c2)cc(OCC2CC2)c1. The van der Waals surface area contributed by atoms with Crippen LogP contribution in [0.4, 0.5) is 0 Å². The van der Waals surface area contributed by atoms with Crippen LogP contribution in [0.1, 0.15) is 36.8 Å². The van der Waals surface area contributed by atoms with Crippen LogP contribution in [-0.4, -0.2) is 13.2 Å². The van der Waals surface area contributed by atoms with Crippen molar-refractivity contribution in [1.82, 2.24) is 0 Å². The highest BCUT2D eigenvalue weighted by Gasteiger charge is 2.22. The summed E-state index contributed by atoms with van der Waals surface area (Å²) in [6, 6.07) is 17.1. The normalized spacial score (nSPS) is 16.8. The van der Waals surface area contributed by atoms with Crippen molar-refractivity contribution in [3.63, 3.8) is 0 Å². The Balaban J connectivity index is 1.30. The maximum absolute atomic E-state index is 5.88. The summed E-state index contributed by atoms with van der Waals surface area (Å²) in [5.41, 5.74) is 2.68. The fourth-order valence-electron chi connectivity index (χ4n) is 2.87. The highest BCUT2D eigenvalue weighted by Crippen LogP contribution is 2.30. The van der Waals surface area contributed by atoms with E-state index in [1.165, 1.54) is 36.8 Å². The molecule has 0 unspecified atom stereocenters. The Kier molecular flexibility index (Phi) is 4.73. The largest absolute Gasteiger partial charge is 0.493 e. The molecule has 2 aliphatic rings. The van der Waals surface area contributed by atoms with E-state index in [0.29, 0.717) is 0 Å². The molecular formula is C22H26O2. The maximum atomic E-state index is 5.88. The number of hydrogen-bond donors (Lipinski definition) is 0. The molecule has 0 saturated heterocycles. The van der Waals surface area contributed by atoms with Gasteiger partial charge in [0.25, 0.3) is 0 Å². The molecule has 2 aromatic carbocycles. The number of rotatable bonds is 9. The zero-order valence-electron chi connectivity index (χ0n) is 14.2. The molecule has 0 radical (unpaired) electrons. The van der Waals surface area contributed by atoms with Gasteiger partial charge in [-0.1, -0.05) is 24.3 Å². The van der Waals surface area contributed by atoms with Crippen molar-refractivity contribution in [1.29, 1.82) is 0 Å². The molecule has 0 spiro atoms. The second-order valence-electron chi connectivity index (χ2n) is 7.30. The summed E-state index contributed by atoms with van der Waals surface area (Å²) in [5.74, 6) is 3.63. The predicted octanol–water partition coefficient (Wildman–Crippen LogP) is 5.05. The van der Waals surface area contributed by atoms with Crippen molar-refractivity contribution in [2.24, 2.45) is 11.8 Å². The minimum absolute atomic E-state index is 0.798. The molecule has 2 fully saturated rings. The fraction of sp³-hybridized carbons (Fsp3) is 0.455. The first kappa shape index (κ1) is 15.6. The summed E-state index contributed by atoms with van der Waals surface area (Å²) >= 11 is 0. The summed E-state index contributed by atoms with van der Waals surface area (Å²) in [6.07, 6.45) is 7.40. The summed E-state index contributed by atoms with van der Waals surface area (Å²) in [4.78, 5) is 0. The average Bonchev–Trinajstić information content (AvgIpc) is 3.52. The van der Waals surface area contributed by atoms with E-state index < -0.39 is 0 Å². The van der Waals surface area contributed by atoms with Gasteiger partial charge in [-0.3, -0.25) is 0 Å². The van der Waals surface area contributed by atoms with Crippen molar-refractivity contribution in [2.75, 3.05) is 13.2 Å². The Morgan fingerprint density at radius 3 is 1.54 bits per heavy atom. The molecule has 2 nitrogen and oxygen atoms in total. The summed E-state index contributed by atoms with van der Waals surface area (Å²) < 4.78 is 11.8. The van der Waals surface area contributed by atoms with Gasteiger partial charge in [-0.2, -0.15) is 0 Å². The van der Waals surface area contributed by atoms with Gasteiger partial charge in [-0.15, -0.1) is 0 Å². The Morgan fingerprint density at radius 1 is 0.667 bits per heavy atom. The van der Waals surface area contributed by atoms with Crippen LogP contribution in [0.3, 0.4) is 0 Å². The highest BCUT2D eigenvalue weighted by molar-refractivity contribution is 5.32. The van der Waals surface area contributed by atoms with Crippen LogP contribution >= 0.6 is 0 Å². The van der Waals surface area contributed by atoms with Gasteiger partial charge in [0.15, 0.2) is 0 Å². The molecule has 4 rings (SSSR count). The summed E-state index contributed by atoms with van der Waals surface area (Å²) in [6.45, 7) is 1.76. The van der Waals surface area contributed by atoms with E-state index in [1.54, 1.807) is 0 Å². The van der Waals surface area contributed by atoms with E-state index in [1.807, 2.05) is 0 Å². The van der Waals surface area contributed by atoms with Crippen molar-refractivity contribution >= 4 is 0 Å². The van der Waals surface area contributed by atoms with Gasteiger partial charge in [0.05, 0.1) is 13.2 Å². The topological polar surface area (TPSA) is 18.5 Å². The lowest BCUT2D eigenvalue weighted by Gasteiger charge is -2.09. The summed E-state index contributed by atoms with van der Waals surface area (Å²) in [7, 11) is 0. The van der Waals surface area contributed by atoms with Gasteiger partial charge in [-0.05, 0) is 85.8 Å². The van der Waals surface area contributed by atoms with Gasteiger partial charge in [0.1, 0.15) is 11.5 Å². The van der Waals surface area contributed by atoms with E-state index in [9.17, 15) is 0 Å². The van der Waals surface area contributed by atoms with Gasteiger partial charge in [0, 0.05) is 0 Å². The van der Waals surface area contributed by atoms with Crippen LogP contribution in [0.15, 0.2) is 48.5 Å². The molecule has 126 valence electrons. The maximum Gasteiger partial charge on any atom is 0.119 e. The molecule has 2 saturated carbocycles. The van der Waals surface area contributed by atoms with Crippen LogP contribution in [0, 0.1) is 11.8 Å². The minimum atomic E-state index is 0.798. The number of ether oxygens (including phenoxy) is 2. The Labute approximate surface area is 144 Å². The van der Waals surface area contributed by atoms with Crippen LogP contribution in [0.2, 0.25) is 0 Å². The lowest BCUT2D eigenvalue weighted by molar-refractivity contribution is 0.299. The molecule has 0 aliphatic heterocycles. The molecular weight excluding hydrogens is 296 g/mol. The molecule has 0 bridgehead atoms.